The Hall–Kier alpha value is -2.10. The SMILES string of the molecule is CC1=C(C(=O)NC(C)c2ccccc2)C2(CCCCCC2)OC1=O. The van der Waals surface area contributed by atoms with Crippen LogP contribution in [0.25, 0.3) is 0 Å². The van der Waals surface area contributed by atoms with Crippen LogP contribution >= 0.6 is 0 Å². The van der Waals surface area contributed by atoms with Gasteiger partial charge < -0.3 is 10.1 Å². The maximum absolute atomic E-state index is 13.0. The molecular weight excluding hydrogens is 302 g/mol. The summed E-state index contributed by atoms with van der Waals surface area (Å²) in [5.41, 5.74) is 1.36. The Labute approximate surface area is 143 Å². The summed E-state index contributed by atoms with van der Waals surface area (Å²) >= 11 is 0. The highest BCUT2D eigenvalue weighted by Crippen LogP contribution is 2.43. The summed E-state index contributed by atoms with van der Waals surface area (Å²) in [6.07, 6.45) is 5.75. The fraction of sp³-hybridized carbons (Fsp3) is 0.500. The molecule has 1 aliphatic heterocycles. The van der Waals surface area contributed by atoms with Gasteiger partial charge in [-0.3, -0.25) is 4.79 Å². The lowest BCUT2D eigenvalue weighted by Crippen LogP contribution is -2.40. The van der Waals surface area contributed by atoms with Crippen LogP contribution in [0.4, 0.5) is 0 Å². The van der Waals surface area contributed by atoms with Crippen LogP contribution in [-0.4, -0.2) is 17.5 Å². The molecule has 4 nitrogen and oxygen atoms in total. The zero-order valence-corrected chi connectivity index (χ0v) is 14.4. The molecule has 1 atom stereocenters. The molecule has 1 unspecified atom stereocenters. The summed E-state index contributed by atoms with van der Waals surface area (Å²) in [5.74, 6) is -0.508. The van der Waals surface area contributed by atoms with Crippen molar-refractivity contribution >= 4 is 11.9 Å². The lowest BCUT2D eigenvalue weighted by Gasteiger charge is -2.30. The molecule has 1 aromatic carbocycles. The molecule has 2 aliphatic rings. The summed E-state index contributed by atoms with van der Waals surface area (Å²) in [7, 11) is 0. The van der Waals surface area contributed by atoms with E-state index in [4.69, 9.17) is 4.74 Å². The number of benzene rings is 1. The van der Waals surface area contributed by atoms with Crippen LogP contribution in [0.2, 0.25) is 0 Å². The zero-order chi connectivity index (χ0) is 17.2. The second-order valence-electron chi connectivity index (χ2n) is 6.90. The first-order valence-electron chi connectivity index (χ1n) is 8.84. The summed E-state index contributed by atoms with van der Waals surface area (Å²) < 4.78 is 5.73. The second-order valence-corrected chi connectivity index (χ2v) is 6.90. The van der Waals surface area contributed by atoms with Crippen LogP contribution in [-0.2, 0) is 14.3 Å². The van der Waals surface area contributed by atoms with Gasteiger partial charge in [-0.2, -0.15) is 0 Å². The van der Waals surface area contributed by atoms with Crippen LogP contribution in [0.5, 0.6) is 0 Å². The van der Waals surface area contributed by atoms with Crippen LogP contribution in [0.3, 0.4) is 0 Å². The van der Waals surface area contributed by atoms with Crippen molar-refractivity contribution in [2.75, 3.05) is 0 Å². The molecule has 1 aromatic rings. The Morgan fingerprint density at radius 3 is 2.38 bits per heavy atom. The van der Waals surface area contributed by atoms with E-state index in [0.29, 0.717) is 11.1 Å². The molecule has 1 heterocycles. The molecule has 24 heavy (non-hydrogen) atoms. The van der Waals surface area contributed by atoms with E-state index in [2.05, 4.69) is 5.32 Å². The minimum absolute atomic E-state index is 0.113. The van der Waals surface area contributed by atoms with E-state index in [1.807, 2.05) is 37.3 Å². The molecule has 1 aliphatic carbocycles. The minimum Gasteiger partial charge on any atom is -0.451 e. The van der Waals surface area contributed by atoms with E-state index in [0.717, 1.165) is 44.1 Å². The van der Waals surface area contributed by atoms with E-state index < -0.39 is 5.60 Å². The number of carbonyl (C=O) groups is 2. The molecular formula is C20H25NO3. The molecule has 1 spiro atoms. The van der Waals surface area contributed by atoms with Gasteiger partial charge in [-0.15, -0.1) is 0 Å². The number of amides is 1. The average Bonchev–Trinajstić information content (AvgIpc) is 2.71. The van der Waals surface area contributed by atoms with Crippen molar-refractivity contribution in [3.63, 3.8) is 0 Å². The first-order chi connectivity index (χ1) is 11.5. The van der Waals surface area contributed by atoms with Crippen LogP contribution in [0.1, 0.15) is 64.0 Å². The highest BCUT2D eigenvalue weighted by Gasteiger charge is 2.49. The lowest BCUT2D eigenvalue weighted by molar-refractivity contribution is -0.148. The van der Waals surface area contributed by atoms with Gasteiger partial charge in [-0.25, -0.2) is 4.79 Å². The van der Waals surface area contributed by atoms with E-state index in [-0.39, 0.29) is 17.9 Å². The number of esters is 1. The van der Waals surface area contributed by atoms with Crippen LogP contribution in [0, 0.1) is 0 Å². The minimum atomic E-state index is -0.710. The Kier molecular flexibility index (Phi) is 4.74. The van der Waals surface area contributed by atoms with Crippen molar-refractivity contribution in [2.45, 2.75) is 64.0 Å². The number of nitrogens with one attached hydrogen (secondary N) is 1. The van der Waals surface area contributed by atoms with Crippen molar-refractivity contribution in [2.24, 2.45) is 0 Å². The number of hydrogen-bond acceptors (Lipinski definition) is 3. The average molecular weight is 327 g/mol. The first-order valence-corrected chi connectivity index (χ1v) is 8.84. The van der Waals surface area contributed by atoms with Gasteiger partial charge in [0.05, 0.1) is 11.6 Å². The van der Waals surface area contributed by atoms with Gasteiger partial charge in [0, 0.05) is 5.57 Å². The quantitative estimate of drug-likeness (QED) is 0.858. The third kappa shape index (κ3) is 3.10. The molecule has 0 saturated heterocycles. The van der Waals surface area contributed by atoms with Gasteiger partial charge in [0.25, 0.3) is 5.91 Å². The Morgan fingerprint density at radius 1 is 1.12 bits per heavy atom. The largest absolute Gasteiger partial charge is 0.451 e. The van der Waals surface area contributed by atoms with Crippen molar-refractivity contribution in [1.82, 2.24) is 5.32 Å². The second kappa shape index (κ2) is 6.80. The molecule has 0 aromatic heterocycles. The lowest BCUT2D eigenvalue weighted by atomic mass is 9.84. The van der Waals surface area contributed by atoms with Gasteiger partial charge in [-0.05, 0) is 45.1 Å². The monoisotopic (exact) mass is 327 g/mol. The van der Waals surface area contributed by atoms with Gasteiger partial charge in [0.2, 0.25) is 0 Å². The van der Waals surface area contributed by atoms with E-state index in [1.54, 1.807) is 6.92 Å². The highest BCUT2D eigenvalue weighted by atomic mass is 16.6. The van der Waals surface area contributed by atoms with E-state index in [1.165, 1.54) is 0 Å². The fourth-order valence-electron chi connectivity index (χ4n) is 3.87. The number of hydrogen-bond donors (Lipinski definition) is 1. The van der Waals surface area contributed by atoms with Crippen LogP contribution in [0.15, 0.2) is 41.5 Å². The summed E-state index contributed by atoms with van der Waals surface area (Å²) in [6.45, 7) is 3.67. The Balaban J connectivity index is 1.84. The van der Waals surface area contributed by atoms with Crippen molar-refractivity contribution in [3.05, 3.63) is 47.0 Å². The van der Waals surface area contributed by atoms with Crippen molar-refractivity contribution in [1.29, 1.82) is 0 Å². The predicted octanol–water partition coefficient (Wildman–Crippen LogP) is 3.83. The molecule has 1 N–H and O–H groups in total. The smallest absolute Gasteiger partial charge is 0.335 e. The summed E-state index contributed by atoms with van der Waals surface area (Å²) in [4.78, 5) is 25.1. The predicted molar refractivity (Wildman–Crippen MR) is 92.2 cm³/mol. The topological polar surface area (TPSA) is 55.4 Å². The number of ether oxygens (including phenoxy) is 1. The standard InChI is InChI=1S/C20H25NO3/c1-14-17(18(22)21-15(2)16-10-6-5-7-11-16)20(24-19(14)23)12-8-3-4-9-13-20/h5-7,10-11,15H,3-4,8-9,12-13H2,1-2H3,(H,21,22). The molecule has 1 saturated carbocycles. The normalized spacial score (nSPS) is 21.3. The molecule has 1 fully saturated rings. The first kappa shape index (κ1) is 16.7. The molecule has 1 amide bonds. The molecule has 3 rings (SSSR count). The van der Waals surface area contributed by atoms with Gasteiger partial charge in [-0.1, -0.05) is 43.2 Å². The fourth-order valence-corrected chi connectivity index (χ4v) is 3.87. The Bertz CT molecular complexity index is 655. The summed E-state index contributed by atoms with van der Waals surface area (Å²) in [6, 6.07) is 9.73. The Morgan fingerprint density at radius 2 is 1.75 bits per heavy atom. The van der Waals surface area contributed by atoms with E-state index >= 15 is 0 Å². The third-order valence-electron chi connectivity index (χ3n) is 5.21. The van der Waals surface area contributed by atoms with Gasteiger partial charge >= 0.3 is 5.97 Å². The zero-order valence-electron chi connectivity index (χ0n) is 14.4. The van der Waals surface area contributed by atoms with Gasteiger partial charge in [0.1, 0.15) is 5.60 Å². The maximum Gasteiger partial charge on any atom is 0.335 e. The number of rotatable bonds is 3. The van der Waals surface area contributed by atoms with E-state index in [9.17, 15) is 9.59 Å². The van der Waals surface area contributed by atoms with Crippen molar-refractivity contribution in [3.8, 4) is 0 Å². The molecule has 128 valence electrons. The molecule has 0 bridgehead atoms. The summed E-state index contributed by atoms with van der Waals surface area (Å²) in [5, 5.41) is 3.05. The highest BCUT2D eigenvalue weighted by molar-refractivity contribution is 6.07. The van der Waals surface area contributed by atoms with Crippen LogP contribution < -0.4 is 5.32 Å². The third-order valence-corrected chi connectivity index (χ3v) is 5.21. The van der Waals surface area contributed by atoms with Crippen molar-refractivity contribution < 1.29 is 14.3 Å². The van der Waals surface area contributed by atoms with Gasteiger partial charge in [0.15, 0.2) is 0 Å². The number of carbonyl (C=O) groups excluding carboxylic acids is 2. The maximum atomic E-state index is 13.0. The molecule has 0 radical (unpaired) electrons. The molecule has 4 heteroatoms.